The summed E-state index contributed by atoms with van der Waals surface area (Å²) in [5, 5.41) is 3.34. The molecule has 14 heavy (non-hydrogen) atoms. The molecule has 0 aromatic rings. The Kier molecular flexibility index (Phi) is 4.30. The van der Waals surface area contributed by atoms with Crippen molar-refractivity contribution in [2.24, 2.45) is 11.8 Å². The zero-order valence-corrected chi connectivity index (χ0v) is 9.15. The lowest BCUT2D eigenvalue weighted by Crippen LogP contribution is -2.32. The van der Waals surface area contributed by atoms with Crippen LogP contribution in [0.3, 0.4) is 0 Å². The van der Waals surface area contributed by atoms with Crippen molar-refractivity contribution < 1.29 is 8.78 Å². The van der Waals surface area contributed by atoms with E-state index in [9.17, 15) is 8.78 Å². The molecule has 1 N–H and O–H groups in total. The Morgan fingerprint density at radius 2 is 1.86 bits per heavy atom. The first kappa shape index (κ1) is 11.9. The third-order valence-corrected chi connectivity index (χ3v) is 2.82. The van der Waals surface area contributed by atoms with E-state index in [1.807, 2.05) is 0 Å². The molecule has 0 atom stereocenters. The lowest BCUT2D eigenvalue weighted by molar-refractivity contribution is -0.0455. The molecule has 0 spiro atoms. The van der Waals surface area contributed by atoms with Crippen molar-refractivity contribution in [2.75, 3.05) is 13.1 Å². The highest BCUT2D eigenvalue weighted by Crippen LogP contribution is 2.35. The number of nitrogens with one attached hydrogen (secondary N) is 1. The second kappa shape index (κ2) is 5.06. The third kappa shape index (κ3) is 4.36. The van der Waals surface area contributed by atoms with Crippen LogP contribution >= 0.6 is 0 Å². The summed E-state index contributed by atoms with van der Waals surface area (Å²) in [7, 11) is 0. The summed E-state index contributed by atoms with van der Waals surface area (Å²) in [6.45, 7) is 6.21. The van der Waals surface area contributed by atoms with Crippen molar-refractivity contribution in [3.63, 3.8) is 0 Å². The molecular formula is C11H21F2N. The van der Waals surface area contributed by atoms with Gasteiger partial charge in [-0.15, -0.1) is 0 Å². The van der Waals surface area contributed by atoms with Crippen molar-refractivity contribution in [3.8, 4) is 0 Å². The molecule has 1 nitrogen and oxygen atoms in total. The fourth-order valence-electron chi connectivity index (χ4n) is 1.88. The van der Waals surface area contributed by atoms with E-state index in [2.05, 4.69) is 19.2 Å². The molecule has 1 rings (SSSR count). The number of rotatable bonds is 4. The predicted octanol–water partition coefficient (Wildman–Crippen LogP) is 3.06. The van der Waals surface area contributed by atoms with Crippen molar-refractivity contribution in [3.05, 3.63) is 0 Å². The van der Waals surface area contributed by atoms with Crippen LogP contribution < -0.4 is 5.32 Å². The number of hydrogen-bond acceptors (Lipinski definition) is 1. The Morgan fingerprint density at radius 3 is 2.36 bits per heavy atom. The Morgan fingerprint density at radius 1 is 1.29 bits per heavy atom. The summed E-state index contributed by atoms with van der Waals surface area (Å²) in [6, 6.07) is 0. The van der Waals surface area contributed by atoms with E-state index >= 15 is 0 Å². The molecule has 0 saturated heterocycles. The van der Waals surface area contributed by atoms with Crippen LogP contribution in [0.2, 0.25) is 0 Å². The van der Waals surface area contributed by atoms with Gasteiger partial charge in [-0.2, -0.15) is 0 Å². The van der Waals surface area contributed by atoms with Gasteiger partial charge in [-0.05, 0) is 37.8 Å². The molecule has 0 radical (unpaired) electrons. The van der Waals surface area contributed by atoms with Crippen LogP contribution in [-0.4, -0.2) is 19.0 Å². The van der Waals surface area contributed by atoms with Crippen LogP contribution in [0.15, 0.2) is 0 Å². The SMILES string of the molecule is CC(C)CNCC1CCC(F)(F)CC1. The fourth-order valence-corrected chi connectivity index (χ4v) is 1.88. The van der Waals surface area contributed by atoms with Gasteiger partial charge in [-0.1, -0.05) is 13.8 Å². The van der Waals surface area contributed by atoms with E-state index in [0.29, 0.717) is 24.7 Å². The van der Waals surface area contributed by atoms with Gasteiger partial charge in [-0.25, -0.2) is 8.78 Å². The average molecular weight is 205 g/mol. The lowest BCUT2D eigenvalue weighted by atomic mass is 9.87. The molecule has 0 aliphatic heterocycles. The average Bonchev–Trinajstić information content (AvgIpc) is 2.07. The molecule has 0 aromatic heterocycles. The quantitative estimate of drug-likeness (QED) is 0.743. The molecule has 0 unspecified atom stereocenters. The number of hydrogen-bond donors (Lipinski definition) is 1. The number of halogens is 2. The van der Waals surface area contributed by atoms with Gasteiger partial charge in [0.2, 0.25) is 5.92 Å². The van der Waals surface area contributed by atoms with E-state index < -0.39 is 5.92 Å². The summed E-state index contributed by atoms with van der Waals surface area (Å²) in [5.74, 6) is -1.28. The van der Waals surface area contributed by atoms with E-state index in [-0.39, 0.29) is 12.8 Å². The van der Waals surface area contributed by atoms with Crippen molar-refractivity contribution in [2.45, 2.75) is 45.5 Å². The monoisotopic (exact) mass is 205 g/mol. The fraction of sp³-hybridized carbons (Fsp3) is 1.00. The zero-order chi connectivity index (χ0) is 10.6. The molecule has 0 heterocycles. The van der Waals surface area contributed by atoms with Gasteiger partial charge in [0, 0.05) is 12.8 Å². The van der Waals surface area contributed by atoms with E-state index in [0.717, 1.165) is 13.1 Å². The van der Waals surface area contributed by atoms with Gasteiger partial charge in [0.05, 0.1) is 0 Å². The molecule has 1 aliphatic rings. The molecule has 84 valence electrons. The summed E-state index contributed by atoms with van der Waals surface area (Å²) in [5.41, 5.74) is 0. The molecule has 1 aliphatic carbocycles. The van der Waals surface area contributed by atoms with E-state index in [1.54, 1.807) is 0 Å². The summed E-state index contributed by atoms with van der Waals surface area (Å²) < 4.78 is 25.6. The van der Waals surface area contributed by atoms with Crippen LogP contribution in [-0.2, 0) is 0 Å². The minimum Gasteiger partial charge on any atom is -0.316 e. The Labute approximate surface area is 85.3 Å². The Balaban J connectivity index is 2.10. The normalized spacial score (nSPS) is 22.9. The molecule has 0 bridgehead atoms. The van der Waals surface area contributed by atoms with Gasteiger partial charge in [0.1, 0.15) is 0 Å². The van der Waals surface area contributed by atoms with Crippen molar-refractivity contribution in [1.29, 1.82) is 0 Å². The van der Waals surface area contributed by atoms with E-state index in [1.165, 1.54) is 0 Å². The predicted molar refractivity (Wildman–Crippen MR) is 54.6 cm³/mol. The van der Waals surface area contributed by atoms with Crippen molar-refractivity contribution >= 4 is 0 Å². The highest BCUT2D eigenvalue weighted by Gasteiger charge is 2.34. The first-order valence-corrected chi connectivity index (χ1v) is 5.58. The second-order valence-corrected chi connectivity index (χ2v) is 4.85. The summed E-state index contributed by atoms with van der Waals surface area (Å²) in [6.07, 6.45) is 1.53. The minimum atomic E-state index is -2.38. The highest BCUT2D eigenvalue weighted by atomic mass is 19.3. The summed E-state index contributed by atoms with van der Waals surface area (Å²) in [4.78, 5) is 0. The van der Waals surface area contributed by atoms with Crippen LogP contribution in [0.4, 0.5) is 8.78 Å². The Bertz CT molecular complexity index is 159. The topological polar surface area (TPSA) is 12.0 Å². The van der Waals surface area contributed by atoms with Crippen molar-refractivity contribution in [1.82, 2.24) is 5.32 Å². The first-order chi connectivity index (χ1) is 6.49. The lowest BCUT2D eigenvalue weighted by Gasteiger charge is -2.28. The molecule has 3 heteroatoms. The van der Waals surface area contributed by atoms with Crippen LogP contribution in [0.25, 0.3) is 0 Å². The first-order valence-electron chi connectivity index (χ1n) is 5.58. The summed E-state index contributed by atoms with van der Waals surface area (Å²) >= 11 is 0. The Hall–Kier alpha value is -0.180. The van der Waals surface area contributed by atoms with Gasteiger partial charge < -0.3 is 5.32 Å². The maximum Gasteiger partial charge on any atom is 0.248 e. The van der Waals surface area contributed by atoms with Gasteiger partial charge in [0.15, 0.2) is 0 Å². The zero-order valence-electron chi connectivity index (χ0n) is 9.15. The number of alkyl halides is 2. The third-order valence-electron chi connectivity index (χ3n) is 2.82. The highest BCUT2D eigenvalue weighted by molar-refractivity contribution is 4.78. The molecule has 0 amide bonds. The standard InChI is InChI=1S/C11H21F2N/c1-9(2)7-14-8-10-3-5-11(12,13)6-4-10/h9-10,14H,3-8H2,1-2H3. The minimum absolute atomic E-state index is 0.0844. The van der Waals surface area contributed by atoms with Gasteiger partial charge in [-0.3, -0.25) is 0 Å². The van der Waals surface area contributed by atoms with E-state index in [4.69, 9.17) is 0 Å². The smallest absolute Gasteiger partial charge is 0.248 e. The van der Waals surface area contributed by atoms with Crippen LogP contribution in [0, 0.1) is 11.8 Å². The second-order valence-electron chi connectivity index (χ2n) is 4.85. The molecule has 1 saturated carbocycles. The largest absolute Gasteiger partial charge is 0.316 e. The van der Waals surface area contributed by atoms with Crippen LogP contribution in [0.1, 0.15) is 39.5 Å². The molecular weight excluding hydrogens is 184 g/mol. The van der Waals surface area contributed by atoms with Crippen LogP contribution in [0.5, 0.6) is 0 Å². The maximum atomic E-state index is 12.8. The molecule has 1 fully saturated rings. The molecule has 0 aromatic carbocycles. The van der Waals surface area contributed by atoms with Gasteiger partial charge >= 0.3 is 0 Å². The van der Waals surface area contributed by atoms with Gasteiger partial charge in [0.25, 0.3) is 0 Å². The maximum absolute atomic E-state index is 12.8.